The van der Waals surface area contributed by atoms with E-state index < -0.39 is 12.1 Å². The van der Waals surface area contributed by atoms with Crippen molar-refractivity contribution in [1.29, 1.82) is 0 Å². The third kappa shape index (κ3) is 6.32. The highest BCUT2D eigenvalue weighted by Crippen LogP contribution is 2.23. The Bertz CT molecular complexity index is 988. The van der Waals surface area contributed by atoms with Gasteiger partial charge in [0.15, 0.2) is 0 Å². The van der Waals surface area contributed by atoms with Crippen molar-refractivity contribution in [3.05, 3.63) is 58.3 Å². The summed E-state index contributed by atoms with van der Waals surface area (Å²) in [6.07, 6.45) is -1.10. The van der Waals surface area contributed by atoms with Crippen LogP contribution in [0.4, 0.5) is 13.2 Å². The van der Waals surface area contributed by atoms with E-state index in [-0.39, 0.29) is 6.04 Å². The van der Waals surface area contributed by atoms with Gasteiger partial charge in [0.25, 0.3) is 0 Å². The van der Waals surface area contributed by atoms with E-state index >= 15 is 0 Å². The minimum Gasteiger partial charge on any atom is -0.475 e. The number of aliphatic carboxylic acids is 1. The van der Waals surface area contributed by atoms with E-state index in [1.54, 1.807) is 11.3 Å². The molecule has 1 aliphatic rings. The molecule has 1 unspecified atom stereocenters. The highest BCUT2D eigenvalue weighted by atomic mass is 32.1. The SMILES string of the molecule is CC(NCc1nnc(C2CNC2)s1)c1cnn(-c2ccccc2)c1.O=C(O)C(F)(F)F. The predicted octanol–water partition coefficient (Wildman–Crippen LogP) is 2.89. The van der Waals surface area contributed by atoms with E-state index in [4.69, 9.17) is 9.90 Å². The van der Waals surface area contributed by atoms with Crippen molar-refractivity contribution in [2.24, 2.45) is 0 Å². The van der Waals surface area contributed by atoms with Crippen molar-refractivity contribution in [3.8, 4) is 5.69 Å². The van der Waals surface area contributed by atoms with Gasteiger partial charge in [-0.05, 0) is 19.1 Å². The Morgan fingerprint density at radius 2 is 2.00 bits per heavy atom. The number of hydrogen-bond acceptors (Lipinski definition) is 7. The standard InChI is InChI=1S/C17H20N6S.C2HF3O2/c1-12(14-9-20-23(11-14)15-5-3-2-4-6-15)19-10-16-21-22-17(24-16)13-7-18-8-13;3-2(4,5)1(6)7/h2-6,9,11-13,18-19H,7-8,10H2,1H3;(H,6,7). The monoisotopic (exact) mass is 454 g/mol. The Morgan fingerprint density at radius 3 is 2.58 bits per heavy atom. The van der Waals surface area contributed by atoms with Gasteiger partial charge >= 0.3 is 12.1 Å². The number of benzene rings is 1. The summed E-state index contributed by atoms with van der Waals surface area (Å²) in [5.41, 5.74) is 2.23. The molecule has 0 saturated carbocycles. The van der Waals surface area contributed by atoms with Gasteiger partial charge in [0.2, 0.25) is 0 Å². The lowest BCUT2D eigenvalue weighted by Gasteiger charge is -2.24. The van der Waals surface area contributed by atoms with E-state index in [0.29, 0.717) is 5.92 Å². The number of carbonyl (C=O) groups is 1. The van der Waals surface area contributed by atoms with E-state index in [1.807, 2.05) is 41.2 Å². The van der Waals surface area contributed by atoms with E-state index in [2.05, 4.69) is 39.1 Å². The van der Waals surface area contributed by atoms with Gasteiger partial charge in [-0.25, -0.2) is 9.48 Å². The van der Waals surface area contributed by atoms with Crippen LogP contribution in [0.1, 0.15) is 34.5 Å². The molecule has 0 spiro atoms. The van der Waals surface area contributed by atoms with Crippen molar-refractivity contribution >= 4 is 17.3 Å². The normalized spacial score (nSPS) is 15.0. The second kappa shape index (κ2) is 9.98. The lowest BCUT2D eigenvalue weighted by Crippen LogP contribution is -2.39. The zero-order valence-corrected chi connectivity index (χ0v) is 17.3. The molecule has 31 heavy (non-hydrogen) atoms. The smallest absolute Gasteiger partial charge is 0.475 e. The van der Waals surface area contributed by atoms with Crippen molar-refractivity contribution in [2.45, 2.75) is 31.6 Å². The van der Waals surface area contributed by atoms with Gasteiger partial charge < -0.3 is 15.7 Å². The molecule has 8 nitrogen and oxygen atoms in total. The molecule has 3 heterocycles. The van der Waals surface area contributed by atoms with Crippen LogP contribution in [0.5, 0.6) is 0 Å². The zero-order valence-electron chi connectivity index (χ0n) is 16.5. The summed E-state index contributed by atoms with van der Waals surface area (Å²) in [5.74, 6) is -2.20. The van der Waals surface area contributed by atoms with Crippen molar-refractivity contribution in [2.75, 3.05) is 13.1 Å². The first-order chi connectivity index (χ1) is 14.7. The molecule has 166 valence electrons. The summed E-state index contributed by atoms with van der Waals surface area (Å²) in [6, 6.07) is 10.3. The van der Waals surface area contributed by atoms with E-state index in [1.165, 1.54) is 0 Å². The maximum atomic E-state index is 10.6. The van der Waals surface area contributed by atoms with E-state index in [9.17, 15) is 13.2 Å². The van der Waals surface area contributed by atoms with Crippen LogP contribution in [0, 0.1) is 0 Å². The quantitative estimate of drug-likeness (QED) is 0.526. The molecule has 12 heteroatoms. The number of nitrogens with zero attached hydrogens (tertiary/aromatic N) is 4. The first-order valence-corrected chi connectivity index (χ1v) is 10.2. The van der Waals surface area contributed by atoms with Gasteiger partial charge in [-0.3, -0.25) is 0 Å². The molecule has 0 bridgehead atoms. The summed E-state index contributed by atoms with van der Waals surface area (Å²) in [6.45, 7) is 4.92. The van der Waals surface area contributed by atoms with Gasteiger partial charge in [0, 0.05) is 36.8 Å². The van der Waals surface area contributed by atoms with Crippen LogP contribution in [0.3, 0.4) is 0 Å². The molecule has 0 aliphatic carbocycles. The summed E-state index contributed by atoms with van der Waals surface area (Å²) in [4.78, 5) is 8.90. The molecule has 1 fully saturated rings. The number of carboxylic acid groups (broad SMARTS) is 1. The van der Waals surface area contributed by atoms with Crippen molar-refractivity contribution in [1.82, 2.24) is 30.6 Å². The van der Waals surface area contributed by atoms with Gasteiger partial charge in [-0.2, -0.15) is 18.3 Å². The Morgan fingerprint density at radius 1 is 1.32 bits per heavy atom. The highest BCUT2D eigenvalue weighted by molar-refractivity contribution is 7.11. The average molecular weight is 454 g/mol. The minimum atomic E-state index is -5.08. The van der Waals surface area contributed by atoms with Crippen LogP contribution in [-0.4, -0.2) is 50.3 Å². The molecule has 1 saturated heterocycles. The summed E-state index contributed by atoms with van der Waals surface area (Å²) >= 11 is 1.71. The minimum absolute atomic E-state index is 0.209. The van der Waals surface area contributed by atoms with Gasteiger partial charge in [0.1, 0.15) is 10.0 Å². The number of carboxylic acids is 1. The molecular formula is C19H21F3N6O2S. The molecule has 3 N–H and O–H groups in total. The van der Waals surface area contributed by atoms with Gasteiger partial charge in [-0.1, -0.05) is 29.5 Å². The number of para-hydroxylation sites is 1. The van der Waals surface area contributed by atoms with Gasteiger partial charge in [0.05, 0.1) is 18.4 Å². The fourth-order valence-electron chi connectivity index (χ4n) is 2.61. The van der Waals surface area contributed by atoms with E-state index in [0.717, 1.165) is 40.9 Å². The third-order valence-electron chi connectivity index (χ3n) is 4.54. The molecule has 1 aromatic carbocycles. The Balaban J connectivity index is 0.000000339. The lowest BCUT2D eigenvalue weighted by atomic mass is 10.1. The first-order valence-electron chi connectivity index (χ1n) is 9.40. The van der Waals surface area contributed by atoms with Crippen molar-refractivity contribution in [3.63, 3.8) is 0 Å². The number of nitrogens with one attached hydrogen (secondary N) is 2. The Labute approximate surface area is 180 Å². The van der Waals surface area contributed by atoms with Crippen LogP contribution in [0.25, 0.3) is 5.69 Å². The topological polar surface area (TPSA) is 105 Å². The largest absolute Gasteiger partial charge is 0.490 e. The average Bonchev–Trinajstić information content (AvgIpc) is 3.35. The molecule has 0 amide bonds. The van der Waals surface area contributed by atoms with Gasteiger partial charge in [-0.15, -0.1) is 10.2 Å². The molecule has 1 atom stereocenters. The molecule has 4 rings (SSSR count). The second-order valence-corrected chi connectivity index (χ2v) is 7.94. The number of hydrogen-bond donors (Lipinski definition) is 3. The maximum absolute atomic E-state index is 10.6. The van der Waals surface area contributed by atoms with Crippen LogP contribution in [0.2, 0.25) is 0 Å². The fraction of sp³-hybridized carbons (Fsp3) is 0.368. The molecule has 0 radical (unpaired) electrons. The zero-order chi connectivity index (χ0) is 22.4. The van der Waals surface area contributed by atoms with Crippen LogP contribution in [0.15, 0.2) is 42.7 Å². The Hall–Kier alpha value is -2.83. The number of halogens is 3. The highest BCUT2D eigenvalue weighted by Gasteiger charge is 2.38. The predicted molar refractivity (Wildman–Crippen MR) is 108 cm³/mol. The number of alkyl halides is 3. The molecule has 2 aromatic heterocycles. The summed E-state index contributed by atoms with van der Waals surface area (Å²) < 4.78 is 33.6. The lowest BCUT2D eigenvalue weighted by molar-refractivity contribution is -0.192. The third-order valence-corrected chi connectivity index (χ3v) is 5.62. The molecular weight excluding hydrogens is 433 g/mol. The summed E-state index contributed by atoms with van der Waals surface area (Å²) in [7, 11) is 0. The second-order valence-electron chi connectivity index (χ2n) is 6.85. The first kappa shape index (κ1) is 22.8. The maximum Gasteiger partial charge on any atom is 0.490 e. The number of rotatable bonds is 6. The van der Waals surface area contributed by atoms with Crippen LogP contribution >= 0.6 is 11.3 Å². The summed E-state index contributed by atoms with van der Waals surface area (Å²) in [5, 5.41) is 29.1. The van der Waals surface area contributed by atoms with Crippen molar-refractivity contribution < 1.29 is 23.1 Å². The molecule has 3 aromatic rings. The van der Waals surface area contributed by atoms with Crippen LogP contribution < -0.4 is 10.6 Å². The molecule has 1 aliphatic heterocycles. The Kier molecular flexibility index (Phi) is 7.36. The van der Waals surface area contributed by atoms with Crippen LogP contribution in [-0.2, 0) is 11.3 Å². The fourth-order valence-corrected chi connectivity index (χ4v) is 3.50. The number of aromatic nitrogens is 4.